The molecule has 162 valence electrons. The van der Waals surface area contributed by atoms with Gasteiger partial charge in [-0.1, -0.05) is 35.9 Å². The van der Waals surface area contributed by atoms with E-state index in [1.54, 1.807) is 36.2 Å². The summed E-state index contributed by atoms with van der Waals surface area (Å²) in [6, 6.07) is 16.5. The summed E-state index contributed by atoms with van der Waals surface area (Å²) in [4.78, 5) is 14.8. The van der Waals surface area contributed by atoms with Crippen molar-refractivity contribution < 1.29 is 17.9 Å². The number of hydrogen-bond acceptors (Lipinski definition) is 4. The lowest BCUT2D eigenvalue weighted by molar-refractivity contribution is -0.135. The Labute approximate surface area is 179 Å². The number of sulfonamides is 1. The molecule has 2 aromatic rings. The van der Waals surface area contributed by atoms with Crippen LogP contribution in [0.1, 0.15) is 24.8 Å². The Morgan fingerprint density at radius 2 is 1.70 bits per heavy atom. The van der Waals surface area contributed by atoms with Gasteiger partial charge >= 0.3 is 0 Å². The van der Waals surface area contributed by atoms with Crippen molar-refractivity contribution in [3.63, 3.8) is 0 Å². The molecule has 1 aliphatic rings. The number of amides is 1. The fraction of sp³-hybridized carbons (Fsp3) is 0.435. The Morgan fingerprint density at radius 1 is 1.07 bits per heavy atom. The molecule has 0 aliphatic carbocycles. The maximum Gasteiger partial charge on any atom is 0.243 e. The predicted octanol–water partition coefficient (Wildman–Crippen LogP) is 3.32. The Hall–Kier alpha value is -2.38. The lowest BCUT2D eigenvalue weighted by Crippen LogP contribution is -2.43. The maximum absolute atomic E-state index is 12.8. The largest absolute Gasteiger partial charge is 0.494 e. The number of carbonyl (C=O) groups excluding carboxylic acids is 1. The Kier molecular flexibility index (Phi) is 7.50. The zero-order valence-electron chi connectivity index (χ0n) is 17.7. The van der Waals surface area contributed by atoms with Crippen molar-refractivity contribution in [1.82, 2.24) is 9.21 Å². The van der Waals surface area contributed by atoms with Crippen molar-refractivity contribution in [2.45, 2.75) is 31.1 Å². The first-order valence-corrected chi connectivity index (χ1v) is 11.8. The first kappa shape index (κ1) is 22.3. The number of para-hydroxylation sites is 1. The van der Waals surface area contributed by atoms with Crippen LogP contribution in [0.25, 0.3) is 0 Å². The number of piperidine rings is 1. The first-order valence-electron chi connectivity index (χ1n) is 10.4. The number of ether oxygens (including phenoxy) is 1. The van der Waals surface area contributed by atoms with E-state index in [9.17, 15) is 13.2 Å². The van der Waals surface area contributed by atoms with E-state index < -0.39 is 10.0 Å². The first-order chi connectivity index (χ1) is 14.4. The molecule has 0 N–H and O–H groups in total. The molecular weight excluding hydrogens is 400 g/mol. The summed E-state index contributed by atoms with van der Waals surface area (Å²) in [6.45, 7) is 3.84. The van der Waals surface area contributed by atoms with Crippen molar-refractivity contribution in [1.29, 1.82) is 0 Å². The second kappa shape index (κ2) is 10.1. The highest BCUT2D eigenvalue weighted by atomic mass is 32.2. The molecular formula is C23H30N2O4S. The molecule has 0 saturated carbocycles. The van der Waals surface area contributed by atoms with Gasteiger partial charge in [-0.2, -0.15) is 4.31 Å². The minimum atomic E-state index is -3.50. The third-order valence-electron chi connectivity index (χ3n) is 5.49. The lowest BCUT2D eigenvalue weighted by Gasteiger charge is -2.32. The summed E-state index contributed by atoms with van der Waals surface area (Å²) in [5, 5.41) is 0. The summed E-state index contributed by atoms with van der Waals surface area (Å²) in [6.07, 6.45) is 1.85. The standard InChI is InChI=1S/C23H30N2O4S/c1-19-9-11-22(12-10-19)30(27,28)25-16-13-20(14-17-25)23(26)24(2)15-6-18-29-21-7-4-3-5-8-21/h3-5,7-12,20H,6,13-18H2,1-2H3. The fourth-order valence-corrected chi connectivity index (χ4v) is 5.10. The molecule has 0 unspecified atom stereocenters. The van der Waals surface area contributed by atoms with Gasteiger partial charge in [-0.05, 0) is 50.5 Å². The summed E-state index contributed by atoms with van der Waals surface area (Å²) >= 11 is 0. The second-order valence-electron chi connectivity index (χ2n) is 7.77. The van der Waals surface area contributed by atoms with Gasteiger partial charge in [0.1, 0.15) is 5.75 Å². The summed E-state index contributed by atoms with van der Waals surface area (Å²) in [5.74, 6) is 0.783. The van der Waals surface area contributed by atoms with E-state index in [0.29, 0.717) is 44.0 Å². The Morgan fingerprint density at radius 3 is 2.33 bits per heavy atom. The number of rotatable bonds is 8. The third-order valence-corrected chi connectivity index (χ3v) is 7.40. The van der Waals surface area contributed by atoms with Crippen LogP contribution in [-0.4, -0.2) is 56.8 Å². The number of carbonyl (C=O) groups is 1. The van der Waals surface area contributed by atoms with Crippen molar-refractivity contribution in [3.8, 4) is 5.75 Å². The normalized spacial score (nSPS) is 15.7. The third kappa shape index (κ3) is 5.61. The molecule has 30 heavy (non-hydrogen) atoms. The van der Waals surface area contributed by atoms with E-state index in [2.05, 4.69) is 0 Å². The van der Waals surface area contributed by atoms with Crippen molar-refractivity contribution in [3.05, 3.63) is 60.2 Å². The van der Waals surface area contributed by atoms with Gasteiger partial charge in [-0.3, -0.25) is 4.79 Å². The molecule has 1 aliphatic heterocycles. The van der Waals surface area contributed by atoms with Gasteiger partial charge in [-0.15, -0.1) is 0 Å². The van der Waals surface area contributed by atoms with E-state index in [4.69, 9.17) is 4.74 Å². The molecule has 1 heterocycles. The Bertz CT molecular complexity index is 921. The highest BCUT2D eigenvalue weighted by Gasteiger charge is 2.33. The van der Waals surface area contributed by atoms with Gasteiger partial charge < -0.3 is 9.64 Å². The van der Waals surface area contributed by atoms with Crippen LogP contribution in [0.15, 0.2) is 59.5 Å². The second-order valence-corrected chi connectivity index (χ2v) is 9.70. The van der Waals surface area contributed by atoms with Gasteiger partial charge in [0.25, 0.3) is 0 Å². The highest BCUT2D eigenvalue weighted by molar-refractivity contribution is 7.89. The molecule has 3 rings (SSSR count). The smallest absolute Gasteiger partial charge is 0.243 e. The fourth-order valence-electron chi connectivity index (χ4n) is 3.63. The monoisotopic (exact) mass is 430 g/mol. The summed E-state index contributed by atoms with van der Waals surface area (Å²) < 4.78 is 32.8. The number of hydrogen-bond donors (Lipinski definition) is 0. The highest BCUT2D eigenvalue weighted by Crippen LogP contribution is 2.25. The van der Waals surface area contributed by atoms with Crippen LogP contribution in [0.3, 0.4) is 0 Å². The predicted molar refractivity (Wildman–Crippen MR) is 117 cm³/mol. The number of benzene rings is 2. The van der Waals surface area contributed by atoms with Crippen molar-refractivity contribution >= 4 is 15.9 Å². The minimum Gasteiger partial charge on any atom is -0.494 e. The molecule has 0 bridgehead atoms. The van der Waals surface area contributed by atoms with E-state index in [-0.39, 0.29) is 11.8 Å². The molecule has 0 aromatic heterocycles. The topological polar surface area (TPSA) is 66.9 Å². The molecule has 6 nitrogen and oxygen atoms in total. The van der Waals surface area contributed by atoms with Crippen LogP contribution in [0, 0.1) is 12.8 Å². The molecule has 1 amide bonds. The van der Waals surface area contributed by atoms with E-state index in [1.807, 2.05) is 37.3 Å². The van der Waals surface area contributed by atoms with Gasteiger partial charge in [0, 0.05) is 32.6 Å². The van der Waals surface area contributed by atoms with E-state index in [1.165, 1.54) is 4.31 Å². The van der Waals surface area contributed by atoms with E-state index >= 15 is 0 Å². The molecule has 0 radical (unpaired) electrons. The number of aryl methyl sites for hydroxylation is 1. The van der Waals surface area contributed by atoms with Crippen LogP contribution < -0.4 is 4.74 Å². The van der Waals surface area contributed by atoms with Crippen LogP contribution in [0.5, 0.6) is 5.75 Å². The summed E-state index contributed by atoms with van der Waals surface area (Å²) in [7, 11) is -1.69. The molecule has 1 saturated heterocycles. The zero-order chi connectivity index (χ0) is 21.6. The van der Waals surface area contributed by atoms with Gasteiger partial charge in [-0.25, -0.2) is 8.42 Å². The van der Waals surface area contributed by atoms with Gasteiger partial charge in [0.05, 0.1) is 11.5 Å². The average molecular weight is 431 g/mol. The molecule has 0 spiro atoms. The average Bonchev–Trinajstić information content (AvgIpc) is 2.77. The van der Waals surface area contributed by atoms with Crippen LogP contribution in [-0.2, 0) is 14.8 Å². The van der Waals surface area contributed by atoms with Gasteiger partial charge in [0.15, 0.2) is 0 Å². The quantitative estimate of drug-likeness (QED) is 0.603. The van der Waals surface area contributed by atoms with Crippen molar-refractivity contribution in [2.24, 2.45) is 5.92 Å². The zero-order valence-corrected chi connectivity index (χ0v) is 18.5. The lowest BCUT2D eigenvalue weighted by atomic mass is 9.96. The molecule has 1 fully saturated rings. The molecule has 7 heteroatoms. The van der Waals surface area contributed by atoms with Crippen LogP contribution in [0.4, 0.5) is 0 Å². The SMILES string of the molecule is Cc1ccc(S(=O)(=O)N2CCC(C(=O)N(C)CCCOc3ccccc3)CC2)cc1. The van der Waals surface area contributed by atoms with Crippen molar-refractivity contribution in [2.75, 3.05) is 33.3 Å². The summed E-state index contributed by atoms with van der Waals surface area (Å²) in [5.41, 5.74) is 1.02. The minimum absolute atomic E-state index is 0.0853. The Balaban J connectivity index is 1.44. The maximum atomic E-state index is 12.8. The molecule has 2 aromatic carbocycles. The number of nitrogens with zero attached hydrogens (tertiary/aromatic N) is 2. The van der Waals surface area contributed by atoms with Crippen LogP contribution >= 0.6 is 0 Å². The van der Waals surface area contributed by atoms with Gasteiger partial charge in [0.2, 0.25) is 15.9 Å². The van der Waals surface area contributed by atoms with E-state index in [0.717, 1.165) is 17.7 Å². The van der Waals surface area contributed by atoms with Crippen LogP contribution in [0.2, 0.25) is 0 Å². The molecule has 0 atom stereocenters.